The van der Waals surface area contributed by atoms with E-state index in [4.69, 9.17) is 0 Å². The lowest BCUT2D eigenvalue weighted by Gasteiger charge is -2.20. The first-order valence-electron chi connectivity index (χ1n) is 6.16. The van der Waals surface area contributed by atoms with Crippen LogP contribution in [-0.4, -0.2) is 36.7 Å². The molecule has 0 fully saturated rings. The lowest BCUT2D eigenvalue weighted by Crippen LogP contribution is -2.35. The van der Waals surface area contributed by atoms with E-state index in [9.17, 15) is 8.42 Å². The number of hydrogen-bond acceptors (Lipinski definition) is 5. The van der Waals surface area contributed by atoms with Gasteiger partial charge in [0.2, 0.25) is 0 Å². The van der Waals surface area contributed by atoms with Gasteiger partial charge in [-0.2, -0.15) is 0 Å². The van der Waals surface area contributed by atoms with Gasteiger partial charge >= 0.3 is 0 Å². The van der Waals surface area contributed by atoms with Crippen molar-refractivity contribution in [3.8, 4) is 0 Å². The Hall–Kier alpha value is -0.590. The first kappa shape index (κ1) is 16.5. The number of nitrogens with zero attached hydrogens (tertiary/aromatic N) is 1. The van der Waals surface area contributed by atoms with Gasteiger partial charge in [0.05, 0.1) is 10.8 Å². The average molecular weight is 302 g/mol. The van der Waals surface area contributed by atoms with E-state index in [2.05, 4.69) is 31.1 Å². The summed E-state index contributed by atoms with van der Waals surface area (Å²) in [5.41, 5.74) is 1.21. The lowest BCUT2D eigenvalue weighted by atomic mass is 10.1. The molecule has 0 spiro atoms. The second kappa shape index (κ2) is 6.72. The van der Waals surface area contributed by atoms with Crippen molar-refractivity contribution in [3.05, 3.63) is 23.9 Å². The molecule has 19 heavy (non-hydrogen) atoms. The molecule has 1 rings (SSSR count). The van der Waals surface area contributed by atoms with Crippen molar-refractivity contribution >= 4 is 21.6 Å². The first-order valence-corrected chi connectivity index (χ1v) is 9.21. The maximum atomic E-state index is 11.0. The van der Waals surface area contributed by atoms with Crippen LogP contribution in [0.15, 0.2) is 23.4 Å². The molecule has 4 nitrogen and oxygen atoms in total. The number of sulfone groups is 1. The third-order valence-corrected chi connectivity index (χ3v) is 4.47. The van der Waals surface area contributed by atoms with Crippen molar-refractivity contribution < 1.29 is 8.42 Å². The number of thioether (sulfide) groups is 1. The summed E-state index contributed by atoms with van der Waals surface area (Å²) in [6.07, 6.45) is 3.09. The molecule has 6 heteroatoms. The van der Waals surface area contributed by atoms with Crippen LogP contribution in [0, 0.1) is 0 Å². The third kappa shape index (κ3) is 8.23. The second-order valence-corrected chi connectivity index (χ2v) is 8.96. The number of nitrogens with one attached hydrogen (secondary N) is 1. The fraction of sp³-hybridized carbons (Fsp3) is 0.615. The Morgan fingerprint density at radius 3 is 2.47 bits per heavy atom. The predicted molar refractivity (Wildman–Crippen MR) is 81.3 cm³/mol. The molecule has 0 atom stereocenters. The SMILES string of the molecule is CC(C)(C)NCc1ccc(SCCS(C)(=O)=O)nc1. The molecule has 0 aliphatic rings. The van der Waals surface area contributed by atoms with Gasteiger partial charge in [-0.15, -0.1) is 11.8 Å². The minimum Gasteiger partial charge on any atom is -0.308 e. The van der Waals surface area contributed by atoms with E-state index >= 15 is 0 Å². The molecule has 0 radical (unpaired) electrons. The molecule has 108 valence electrons. The molecule has 0 aromatic carbocycles. The largest absolute Gasteiger partial charge is 0.308 e. The molecule has 0 saturated heterocycles. The van der Waals surface area contributed by atoms with Crippen LogP contribution in [0.4, 0.5) is 0 Å². The van der Waals surface area contributed by atoms with E-state index in [1.807, 2.05) is 18.3 Å². The molecule has 1 aromatic rings. The topological polar surface area (TPSA) is 59.1 Å². The van der Waals surface area contributed by atoms with Crippen LogP contribution < -0.4 is 5.32 Å². The molecule has 1 N–H and O–H groups in total. The Balaban J connectivity index is 2.43. The van der Waals surface area contributed by atoms with Gasteiger partial charge in [-0.3, -0.25) is 0 Å². The molecule has 0 saturated carbocycles. The minimum absolute atomic E-state index is 0.0862. The quantitative estimate of drug-likeness (QED) is 0.816. The second-order valence-electron chi connectivity index (χ2n) is 5.59. The molecule has 1 aromatic heterocycles. The lowest BCUT2D eigenvalue weighted by molar-refractivity contribution is 0.424. The van der Waals surface area contributed by atoms with E-state index in [0.717, 1.165) is 17.1 Å². The average Bonchev–Trinajstić information content (AvgIpc) is 2.25. The molecule has 0 aliphatic heterocycles. The highest BCUT2D eigenvalue weighted by Gasteiger charge is 2.08. The van der Waals surface area contributed by atoms with E-state index in [1.165, 1.54) is 18.0 Å². The number of rotatable bonds is 6. The normalized spacial score (nSPS) is 12.6. The summed E-state index contributed by atoms with van der Waals surface area (Å²) in [6.45, 7) is 7.15. The van der Waals surface area contributed by atoms with Crippen LogP contribution in [0.1, 0.15) is 26.3 Å². The van der Waals surface area contributed by atoms with E-state index in [-0.39, 0.29) is 11.3 Å². The molecule has 0 amide bonds. The van der Waals surface area contributed by atoms with Gasteiger partial charge in [0.15, 0.2) is 0 Å². The number of aromatic nitrogens is 1. The summed E-state index contributed by atoms with van der Waals surface area (Å²) in [5.74, 6) is 0.734. The fourth-order valence-corrected chi connectivity index (χ4v) is 3.31. The summed E-state index contributed by atoms with van der Waals surface area (Å²) in [6, 6.07) is 3.96. The van der Waals surface area contributed by atoms with Crippen LogP contribution in [-0.2, 0) is 16.4 Å². The van der Waals surface area contributed by atoms with Crippen molar-refractivity contribution in [2.75, 3.05) is 17.8 Å². The van der Waals surface area contributed by atoms with E-state index in [1.54, 1.807) is 0 Å². The Morgan fingerprint density at radius 2 is 2.00 bits per heavy atom. The molecular weight excluding hydrogens is 280 g/mol. The molecule has 0 aliphatic carbocycles. The number of hydrogen-bond donors (Lipinski definition) is 1. The summed E-state index contributed by atoms with van der Waals surface area (Å²) in [4.78, 5) is 4.33. The zero-order chi connectivity index (χ0) is 14.5. The van der Waals surface area contributed by atoms with Crippen LogP contribution in [0.3, 0.4) is 0 Å². The van der Waals surface area contributed by atoms with Crippen molar-refractivity contribution in [2.45, 2.75) is 37.9 Å². The molecule has 0 bridgehead atoms. The van der Waals surface area contributed by atoms with Crippen molar-refractivity contribution in [1.82, 2.24) is 10.3 Å². The molecule has 1 heterocycles. The predicted octanol–water partition coefficient (Wildman–Crippen LogP) is 2.11. The van der Waals surface area contributed by atoms with Gasteiger partial charge in [-0.1, -0.05) is 6.07 Å². The highest BCUT2D eigenvalue weighted by atomic mass is 32.2. The zero-order valence-corrected chi connectivity index (χ0v) is 13.6. The highest BCUT2D eigenvalue weighted by Crippen LogP contribution is 2.15. The minimum atomic E-state index is -2.89. The van der Waals surface area contributed by atoms with Gasteiger partial charge < -0.3 is 5.32 Å². The van der Waals surface area contributed by atoms with Gasteiger partial charge in [0.1, 0.15) is 9.84 Å². The zero-order valence-electron chi connectivity index (χ0n) is 11.9. The molecule has 0 unspecified atom stereocenters. The van der Waals surface area contributed by atoms with Crippen LogP contribution in [0.2, 0.25) is 0 Å². The van der Waals surface area contributed by atoms with Crippen LogP contribution in [0.25, 0.3) is 0 Å². The smallest absolute Gasteiger partial charge is 0.148 e. The van der Waals surface area contributed by atoms with Crippen LogP contribution >= 0.6 is 11.8 Å². The Bertz CT molecular complexity index is 490. The maximum Gasteiger partial charge on any atom is 0.148 e. The van der Waals surface area contributed by atoms with Crippen molar-refractivity contribution in [3.63, 3.8) is 0 Å². The van der Waals surface area contributed by atoms with E-state index in [0.29, 0.717) is 5.75 Å². The Labute approximate surface area is 120 Å². The van der Waals surface area contributed by atoms with E-state index < -0.39 is 9.84 Å². The van der Waals surface area contributed by atoms with Crippen LogP contribution in [0.5, 0.6) is 0 Å². The van der Waals surface area contributed by atoms with Crippen molar-refractivity contribution in [2.24, 2.45) is 0 Å². The Morgan fingerprint density at radius 1 is 1.32 bits per heavy atom. The third-order valence-electron chi connectivity index (χ3n) is 2.32. The van der Waals surface area contributed by atoms with Gasteiger partial charge in [-0.05, 0) is 32.4 Å². The summed E-state index contributed by atoms with van der Waals surface area (Å²) < 4.78 is 22.0. The monoisotopic (exact) mass is 302 g/mol. The maximum absolute atomic E-state index is 11.0. The van der Waals surface area contributed by atoms with Gasteiger partial charge in [0, 0.05) is 30.3 Å². The van der Waals surface area contributed by atoms with Crippen molar-refractivity contribution in [1.29, 1.82) is 0 Å². The highest BCUT2D eigenvalue weighted by molar-refractivity contribution is 8.00. The first-order chi connectivity index (χ1) is 8.66. The summed E-state index contributed by atoms with van der Waals surface area (Å²) in [5, 5.41) is 4.26. The fourth-order valence-electron chi connectivity index (χ4n) is 1.27. The summed E-state index contributed by atoms with van der Waals surface area (Å²) in [7, 11) is -2.89. The summed E-state index contributed by atoms with van der Waals surface area (Å²) >= 11 is 1.47. The van der Waals surface area contributed by atoms with Gasteiger partial charge in [-0.25, -0.2) is 13.4 Å². The Kier molecular flexibility index (Phi) is 5.82. The van der Waals surface area contributed by atoms with Gasteiger partial charge in [0.25, 0.3) is 0 Å². The number of pyridine rings is 1. The molecular formula is C13H22N2O2S2. The standard InChI is InChI=1S/C13H22N2O2S2/c1-13(2,3)15-10-11-5-6-12(14-9-11)18-7-8-19(4,16)17/h5-6,9,15H,7-8,10H2,1-4H3.